The molecule has 2 saturated carbocycles. The molecule has 0 aliphatic heterocycles. The number of methoxy groups -OCH3 is 1. The van der Waals surface area contributed by atoms with E-state index in [4.69, 9.17) is 18.9 Å². The topological polar surface area (TPSA) is 105 Å². The number of ether oxygens (including phenoxy) is 4. The molecule has 2 rings (SSSR count). The maximum Gasteiger partial charge on any atom is 0.344 e. The van der Waals surface area contributed by atoms with Crippen molar-refractivity contribution < 1.29 is 38.1 Å². The predicted molar refractivity (Wildman–Crippen MR) is 82.9 cm³/mol. The second kappa shape index (κ2) is 7.67. The Labute approximate surface area is 145 Å². The Bertz CT molecular complexity index is 583. The first kappa shape index (κ1) is 19.0. The van der Waals surface area contributed by atoms with Gasteiger partial charge in [-0.15, -0.1) is 0 Å². The molecule has 2 fully saturated rings. The van der Waals surface area contributed by atoms with E-state index in [2.05, 4.69) is 6.58 Å². The summed E-state index contributed by atoms with van der Waals surface area (Å²) in [7, 11) is 1.30. The molecule has 2 aliphatic carbocycles. The molecule has 0 amide bonds. The lowest BCUT2D eigenvalue weighted by molar-refractivity contribution is -0.180. The minimum Gasteiger partial charge on any atom is -0.469 e. The molecule has 2 bridgehead atoms. The van der Waals surface area contributed by atoms with Gasteiger partial charge in [0, 0.05) is 17.4 Å². The van der Waals surface area contributed by atoms with Gasteiger partial charge in [-0.25, -0.2) is 9.59 Å². The fourth-order valence-corrected chi connectivity index (χ4v) is 3.95. The van der Waals surface area contributed by atoms with Crippen molar-refractivity contribution in [2.75, 3.05) is 13.7 Å². The zero-order valence-corrected chi connectivity index (χ0v) is 14.4. The van der Waals surface area contributed by atoms with Crippen LogP contribution in [0.25, 0.3) is 0 Å². The third-order valence-electron chi connectivity index (χ3n) is 5.04. The van der Waals surface area contributed by atoms with Crippen LogP contribution in [0.15, 0.2) is 12.2 Å². The summed E-state index contributed by atoms with van der Waals surface area (Å²) >= 11 is 0. The summed E-state index contributed by atoms with van der Waals surface area (Å²) in [5, 5.41) is 0. The highest BCUT2D eigenvalue weighted by Gasteiger charge is 2.62. The van der Waals surface area contributed by atoms with Crippen molar-refractivity contribution in [3.63, 3.8) is 0 Å². The van der Waals surface area contributed by atoms with Crippen LogP contribution >= 0.6 is 0 Å². The van der Waals surface area contributed by atoms with Gasteiger partial charge in [0.2, 0.25) is 0 Å². The van der Waals surface area contributed by atoms with E-state index in [1.165, 1.54) is 14.0 Å². The number of esters is 3. The first-order valence-corrected chi connectivity index (χ1v) is 8.00. The molecule has 8 heteroatoms. The summed E-state index contributed by atoms with van der Waals surface area (Å²) in [6.07, 6.45) is -0.811. The van der Waals surface area contributed by atoms with E-state index < -0.39 is 36.7 Å². The summed E-state index contributed by atoms with van der Waals surface area (Å²) in [5.74, 6) is -2.75. The average Bonchev–Trinajstić information content (AvgIpc) is 3.08. The quantitative estimate of drug-likeness (QED) is 0.284. The van der Waals surface area contributed by atoms with Crippen molar-refractivity contribution in [1.82, 2.24) is 0 Å². The summed E-state index contributed by atoms with van der Waals surface area (Å²) in [5.41, 5.74) is 0.162. The molecule has 0 N–H and O–H groups in total. The number of carbonyl (C=O) groups excluding carboxylic acids is 4. The van der Waals surface area contributed by atoms with Gasteiger partial charge in [-0.2, -0.15) is 0 Å². The minimum atomic E-state index is -0.775. The SMILES string of the molecule is C=C(C)C(=O)OCC(=O)OC1C2CC(C(C)C2C(=O)OC)C1OC=O. The second-order valence-electron chi connectivity index (χ2n) is 6.48. The fourth-order valence-electron chi connectivity index (χ4n) is 3.95. The molecular formula is C17H22O8. The molecule has 0 radical (unpaired) electrons. The Morgan fingerprint density at radius 2 is 1.88 bits per heavy atom. The molecule has 6 unspecified atom stereocenters. The predicted octanol–water partition coefficient (Wildman–Crippen LogP) is 0.634. The lowest BCUT2D eigenvalue weighted by Gasteiger charge is -2.36. The molecule has 0 aromatic rings. The van der Waals surface area contributed by atoms with Crippen molar-refractivity contribution in [3.8, 4) is 0 Å². The highest BCUT2D eigenvalue weighted by molar-refractivity contribution is 5.88. The van der Waals surface area contributed by atoms with Gasteiger partial charge in [-0.3, -0.25) is 9.59 Å². The summed E-state index contributed by atoms with van der Waals surface area (Å²) < 4.78 is 20.1. The van der Waals surface area contributed by atoms with Crippen molar-refractivity contribution >= 4 is 24.4 Å². The maximum atomic E-state index is 12.0. The molecule has 6 atom stereocenters. The highest BCUT2D eigenvalue weighted by atomic mass is 16.6. The first-order valence-electron chi connectivity index (χ1n) is 8.00. The highest BCUT2D eigenvalue weighted by Crippen LogP contribution is 2.54. The molecule has 0 aromatic carbocycles. The van der Waals surface area contributed by atoms with Gasteiger partial charge in [0.25, 0.3) is 6.47 Å². The molecule has 0 heterocycles. The van der Waals surface area contributed by atoms with Crippen LogP contribution in [0, 0.1) is 23.7 Å². The van der Waals surface area contributed by atoms with Crippen LogP contribution < -0.4 is 0 Å². The van der Waals surface area contributed by atoms with E-state index in [1.807, 2.05) is 6.92 Å². The van der Waals surface area contributed by atoms with Crippen LogP contribution in [0.1, 0.15) is 20.3 Å². The molecule has 8 nitrogen and oxygen atoms in total. The van der Waals surface area contributed by atoms with Crippen LogP contribution in [0.4, 0.5) is 0 Å². The maximum absolute atomic E-state index is 12.0. The van der Waals surface area contributed by atoms with Gasteiger partial charge in [0.1, 0.15) is 12.2 Å². The zero-order chi connectivity index (χ0) is 18.7. The Hall–Kier alpha value is -2.38. The van der Waals surface area contributed by atoms with Crippen LogP contribution in [-0.2, 0) is 38.1 Å². The molecular weight excluding hydrogens is 332 g/mol. The number of carbonyl (C=O) groups is 4. The van der Waals surface area contributed by atoms with E-state index in [-0.39, 0.29) is 29.3 Å². The van der Waals surface area contributed by atoms with Gasteiger partial charge in [-0.1, -0.05) is 13.5 Å². The van der Waals surface area contributed by atoms with Crippen LogP contribution in [0.3, 0.4) is 0 Å². The minimum absolute atomic E-state index is 0.0569. The van der Waals surface area contributed by atoms with Crippen molar-refractivity contribution in [2.24, 2.45) is 23.7 Å². The van der Waals surface area contributed by atoms with Gasteiger partial charge in [-0.05, 0) is 19.3 Å². The molecule has 25 heavy (non-hydrogen) atoms. The normalized spacial score (nSPS) is 32.6. The third-order valence-corrected chi connectivity index (χ3v) is 5.04. The summed E-state index contributed by atoms with van der Waals surface area (Å²) in [6.45, 7) is 6.50. The van der Waals surface area contributed by atoms with E-state index in [0.717, 1.165) is 0 Å². The van der Waals surface area contributed by atoms with Crippen LogP contribution in [0.2, 0.25) is 0 Å². The van der Waals surface area contributed by atoms with E-state index >= 15 is 0 Å². The van der Waals surface area contributed by atoms with Crippen LogP contribution in [0.5, 0.6) is 0 Å². The standard InChI is InChI=1S/C17H22O8/c1-8(2)16(20)23-6-12(19)25-15-11-5-10(14(15)24-7-18)9(3)13(11)17(21)22-4/h7,9-11,13-15H,1,5-6H2,2-4H3. The van der Waals surface area contributed by atoms with Crippen molar-refractivity contribution in [1.29, 1.82) is 0 Å². The number of hydrogen-bond donors (Lipinski definition) is 0. The van der Waals surface area contributed by atoms with Crippen molar-refractivity contribution in [2.45, 2.75) is 32.5 Å². The average molecular weight is 354 g/mol. The van der Waals surface area contributed by atoms with Crippen molar-refractivity contribution in [3.05, 3.63) is 12.2 Å². The molecule has 0 spiro atoms. The van der Waals surface area contributed by atoms with Gasteiger partial charge in [0.15, 0.2) is 6.61 Å². The first-order chi connectivity index (χ1) is 11.8. The Morgan fingerprint density at radius 3 is 2.44 bits per heavy atom. The largest absolute Gasteiger partial charge is 0.469 e. The monoisotopic (exact) mass is 354 g/mol. The van der Waals surface area contributed by atoms with Gasteiger partial charge >= 0.3 is 17.9 Å². The Kier molecular flexibility index (Phi) is 5.81. The summed E-state index contributed by atoms with van der Waals surface area (Å²) in [4.78, 5) is 46.2. The zero-order valence-electron chi connectivity index (χ0n) is 14.4. The lowest BCUT2D eigenvalue weighted by atomic mass is 9.77. The van der Waals surface area contributed by atoms with Gasteiger partial charge < -0.3 is 18.9 Å². The van der Waals surface area contributed by atoms with E-state index in [0.29, 0.717) is 12.9 Å². The molecule has 2 aliphatic rings. The third kappa shape index (κ3) is 3.67. The smallest absolute Gasteiger partial charge is 0.344 e. The Morgan fingerprint density at radius 1 is 1.20 bits per heavy atom. The van der Waals surface area contributed by atoms with Crippen LogP contribution in [-0.4, -0.2) is 50.3 Å². The number of fused-ring (bicyclic) bond motifs is 2. The second-order valence-corrected chi connectivity index (χ2v) is 6.48. The lowest BCUT2D eigenvalue weighted by Crippen LogP contribution is -2.47. The van der Waals surface area contributed by atoms with E-state index in [9.17, 15) is 19.2 Å². The fraction of sp³-hybridized carbons (Fsp3) is 0.647. The Balaban J connectivity index is 2.07. The number of hydrogen-bond acceptors (Lipinski definition) is 8. The number of rotatable bonds is 7. The van der Waals surface area contributed by atoms with Gasteiger partial charge in [0.05, 0.1) is 13.0 Å². The molecule has 138 valence electrons. The van der Waals surface area contributed by atoms with E-state index in [1.54, 1.807) is 0 Å². The summed E-state index contributed by atoms with van der Waals surface area (Å²) in [6, 6.07) is 0. The molecule has 0 aromatic heterocycles. The molecule has 0 saturated heterocycles.